The molecule has 1 aliphatic heterocycles. The monoisotopic (exact) mass is 483 g/mol. The number of benzene rings is 1. The number of carbonyl (C=O) groups is 1. The third kappa shape index (κ3) is 3.89. The fourth-order valence-corrected chi connectivity index (χ4v) is 6.40. The quantitative estimate of drug-likeness (QED) is 0.484. The maximum absolute atomic E-state index is 12.7. The van der Waals surface area contributed by atoms with E-state index < -0.39 is 16.0 Å². The van der Waals surface area contributed by atoms with Gasteiger partial charge in [0.1, 0.15) is 21.1 Å². The molecule has 1 aromatic carbocycles. The summed E-state index contributed by atoms with van der Waals surface area (Å²) in [5, 5.41) is 2.57. The van der Waals surface area contributed by atoms with Gasteiger partial charge in [-0.1, -0.05) is 15.9 Å². The second-order valence-corrected chi connectivity index (χ2v) is 10.2. The Morgan fingerprint density at radius 3 is 2.79 bits per heavy atom. The Bertz CT molecular complexity index is 1110. The maximum Gasteiger partial charge on any atom is 0.349 e. The first-order valence-electron chi connectivity index (χ1n) is 8.88. The normalized spacial score (nSPS) is 15.3. The predicted molar refractivity (Wildman–Crippen MR) is 110 cm³/mol. The summed E-state index contributed by atoms with van der Waals surface area (Å²) in [4.78, 5) is 12.6. The van der Waals surface area contributed by atoms with Crippen molar-refractivity contribution in [2.75, 3.05) is 19.7 Å². The third-order valence-corrected chi connectivity index (χ3v) is 8.07. The van der Waals surface area contributed by atoms with Crippen LogP contribution in [0, 0.1) is 0 Å². The van der Waals surface area contributed by atoms with Gasteiger partial charge in [0.15, 0.2) is 0 Å². The molecule has 148 valence electrons. The van der Waals surface area contributed by atoms with Crippen LogP contribution in [-0.4, -0.2) is 38.4 Å². The number of furan rings is 1. The summed E-state index contributed by atoms with van der Waals surface area (Å²) in [5.41, 5.74) is 0.766. The van der Waals surface area contributed by atoms with Gasteiger partial charge < -0.3 is 9.15 Å². The lowest BCUT2D eigenvalue weighted by molar-refractivity contribution is 0.0506. The van der Waals surface area contributed by atoms with Crippen molar-refractivity contribution in [2.45, 2.75) is 24.2 Å². The highest BCUT2D eigenvalue weighted by atomic mass is 79.9. The Morgan fingerprint density at radius 2 is 2.00 bits per heavy atom. The SMILES string of the molecule is O=C(OCCc1cc2cc(Br)ccc2o1)c1sccc1S(=O)(=O)N1CCCC1. The Labute approximate surface area is 175 Å². The van der Waals surface area contributed by atoms with Gasteiger partial charge in [0.05, 0.1) is 6.61 Å². The second-order valence-electron chi connectivity index (χ2n) is 6.51. The number of esters is 1. The Hall–Kier alpha value is -1.68. The highest BCUT2D eigenvalue weighted by Crippen LogP contribution is 2.28. The highest BCUT2D eigenvalue weighted by molar-refractivity contribution is 9.10. The Morgan fingerprint density at radius 1 is 1.21 bits per heavy atom. The number of halogens is 1. The zero-order valence-electron chi connectivity index (χ0n) is 14.9. The van der Waals surface area contributed by atoms with Crippen LogP contribution >= 0.6 is 27.3 Å². The number of rotatable bonds is 6. The molecule has 2 aromatic heterocycles. The predicted octanol–water partition coefficient (Wildman–Crippen LogP) is 4.44. The first-order valence-corrected chi connectivity index (χ1v) is 12.0. The van der Waals surface area contributed by atoms with Gasteiger partial charge in [0, 0.05) is 29.4 Å². The molecule has 0 amide bonds. The van der Waals surface area contributed by atoms with E-state index >= 15 is 0 Å². The van der Waals surface area contributed by atoms with Crippen LogP contribution in [0.25, 0.3) is 11.0 Å². The molecule has 0 N–H and O–H groups in total. The zero-order valence-corrected chi connectivity index (χ0v) is 18.1. The summed E-state index contributed by atoms with van der Waals surface area (Å²) in [6.45, 7) is 1.10. The van der Waals surface area contributed by atoms with E-state index in [2.05, 4.69) is 15.9 Å². The number of hydrogen-bond acceptors (Lipinski definition) is 6. The van der Waals surface area contributed by atoms with Gasteiger partial charge in [-0.25, -0.2) is 13.2 Å². The minimum absolute atomic E-state index is 0.0398. The van der Waals surface area contributed by atoms with Gasteiger partial charge in [0.25, 0.3) is 0 Å². The fraction of sp³-hybridized carbons (Fsp3) is 0.316. The van der Waals surface area contributed by atoms with Gasteiger partial charge in [-0.2, -0.15) is 4.31 Å². The van der Waals surface area contributed by atoms with E-state index in [1.807, 2.05) is 24.3 Å². The molecular weight excluding hydrogens is 466 g/mol. The van der Waals surface area contributed by atoms with E-state index in [0.717, 1.165) is 39.6 Å². The summed E-state index contributed by atoms with van der Waals surface area (Å²) in [6.07, 6.45) is 2.10. The van der Waals surface area contributed by atoms with Crippen molar-refractivity contribution in [2.24, 2.45) is 0 Å². The lowest BCUT2D eigenvalue weighted by atomic mass is 10.2. The fourth-order valence-electron chi connectivity index (χ4n) is 3.22. The van der Waals surface area contributed by atoms with Gasteiger partial charge in [-0.05, 0) is 48.6 Å². The molecule has 1 saturated heterocycles. The molecule has 28 heavy (non-hydrogen) atoms. The average molecular weight is 484 g/mol. The van der Waals surface area contributed by atoms with Crippen molar-refractivity contribution in [1.82, 2.24) is 4.31 Å². The van der Waals surface area contributed by atoms with Crippen LogP contribution in [0.3, 0.4) is 0 Å². The largest absolute Gasteiger partial charge is 0.461 e. The molecular formula is C19H18BrNO5S2. The summed E-state index contributed by atoms with van der Waals surface area (Å²) in [6, 6.07) is 9.11. The number of carbonyl (C=O) groups excluding carboxylic acids is 1. The lowest BCUT2D eigenvalue weighted by Gasteiger charge is -2.15. The van der Waals surface area contributed by atoms with Crippen molar-refractivity contribution < 1.29 is 22.4 Å². The molecule has 0 aliphatic carbocycles. The molecule has 4 rings (SSSR count). The molecule has 0 unspecified atom stereocenters. The smallest absolute Gasteiger partial charge is 0.349 e. The molecule has 0 atom stereocenters. The van der Waals surface area contributed by atoms with E-state index in [4.69, 9.17) is 9.15 Å². The number of hydrogen-bond donors (Lipinski definition) is 0. The van der Waals surface area contributed by atoms with Crippen molar-refractivity contribution in [1.29, 1.82) is 0 Å². The van der Waals surface area contributed by atoms with Crippen LogP contribution in [0.5, 0.6) is 0 Å². The van der Waals surface area contributed by atoms with E-state index in [0.29, 0.717) is 25.3 Å². The van der Waals surface area contributed by atoms with E-state index in [-0.39, 0.29) is 16.4 Å². The minimum Gasteiger partial charge on any atom is -0.461 e. The van der Waals surface area contributed by atoms with E-state index in [1.165, 1.54) is 10.4 Å². The van der Waals surface area contributed by atoms with Crippen molar-refractivity contribution >= 4 is 54.2 Å². The molecule has 0 bridgehead atoms. The molecule has 0 saturated carbocycles. The van der Waals surface area contributed by atoms with Gasteiger partial charge in [0.2, 0.25) is 10.0 Å². The topological polar surface area (TPSA) is 76.8 Å². The second kappa shape index (κ2) is 7.98. The van der Waals surface area contributed by atoms with Gasteiger partial charge in [-0.3, -0.25) is 0 Å². The first-order chi connectivity index (χ1) is 13.4. The number of ether oxygens (including phenoxy) is 1. The number of sulfonamides is 1. The summed E-state index contributed by atoms with van der Waals surface area (Å²) in [7, 11) is -3.65. The number of fused-ring (bicyclic) bond motifs is 1. The average Bonchev–Trinajstić information content (AvgIpc) is 3.40. The third-order valence-electron chi connectivity index (χ3n) is 4.61. The molecule has 9 heteroatoms. The minimum atomic E-state index is -3.65. The maximum atomic E-state index is 12.7. The molecule has 3 heterocycles. The first kappa shape index (κ1) is 19.6. The number of thiophene rings is 1. The number of nitrogens with zero attached hydrogens (tertiary/aromatic N) is 1. The zero-order chi connectivity index (χ0) is 19.7. The lowest BCUT2D eigenvalue weighted by Crippen LogP contribution is -2.28. The van der Waals surface area contributed by atoms with E-state index in [9.17, 15) is 13.2 Å². The van der Waals surface area contributed by atoms with Crippen molar-refractivity contribution in [3.8, 4) is 0 Å². The van der Waals surface area contributed by atoms with Crippen LogP contribution in [0.1, 0.15) is 28.3 Å². The Balaban J connectivity index is 1.42. The molecule has 0 spiro atoms. The molecule has 3 aromatic rings. The van der Waals surface area contributed by atoms with Gasteiger partial charge >= 0.3 is 5.97 Å². The van der Waals surface area contributed by atoms with Crippen LogP contribution in [0.2, 0.25) is 0 Å². The Kier molecular flexibility index (Phi) is 5.59. The van der Waals surface area contributed by atoms with Crippen molar-refractivity contribution in [3.63, 3.8) is 0 Å². The summed E-state index contributed by atoms with van der Waals surface area (Å²) < 4.78 is 38.9. The standard InChI is InChI=1S/C19H18BrNO5S2/c20-14-3-4-16-13(11-14)12-15(26-16)5-9-25-19(22)18-17(6-10-27-18)28(23,24)21-7-1-2-8-21/h3-4,6,10-12H,1-2,5,7-9H2. The van der Waals surface area contributed by atoms with Crippen LogP contribution < -0.4 is 0 Å². The van der Waals surface area contributed by atoms with Crippen LogP contribution in [0.15, 0.2) is 49.5 Å². The molecule has 1 fully saturated rings. The highest BCUT2D eigenvalue weighted by Gasteiger charge is 2.32. The molecule has 6 nitrogen and oxygen atoms in total. The van der Waals surface area contributed by atoms with Crippen LogP contribution in [-0.2, 0) is 21.2 Å². The molecule has 0 radical (unpaired) electrons. The van der Waals surface area contributed by atoms with Crippen molar-refractivity contribution in [3.05, 3.63) is 50.8 Å². The van der Waals surface area contributed by atoms with E-state index in [1.54, 1.807) is 5.38 Å². The summed E-state index contributed by atoms with van der Waals surface area (Å²) >= 11 is 4.51. The molecule has 1 aliphatic rings. The van der Waals surface area contributed by atoms with Crippen LogP contribution in [0.4, 0.5) is 0 Å². The summed E-state index contributed by atoms with van der Waals surface area (Å²) in [5.74, 6) is 0.0867. The van der Waals surface area contributed by atoms with Gasteiger partial charge in [-0.15, -0.1) is 11.3 Å².